The first kappa shape index (κ1) is 12.8. The summed E-state index contributed by atoms with van der Waals surface area (Å²) in [6.45, 7) is 3.39. The summed E-state index contributed by atoms with van der Waals surface area (Å²) in [5.74, 6) is 1.12. The lowest BCUT2D eigenvalue weighted by Gasteiger charge is -2.36. The summed E-state index contributed by atoms with van der Waals surface area (Å²) in [4.78, 5) is 16.3. The van der Waals surface area contributed by atoms with Crippen LogP contribution in [0, 0.1) is 5.92 Å². The van der Waals surface area contributed by atoms with E-state index < -0.39 is 0 Å². The van der Waals surface area contributed by atoms with Gasteiger partial charge in [-0.3, -0.25) is 4.79 Å². The molecular weight excluding hydrogens is 214 g/mol. The molecule has 17 heavy (non-hydrogen) atoms. The minimum atomic E-state index is 0.275. The predicted octanol–water partition coefficient (Wildman–Crippen LogP) is 0.539. The number of nitrogens with zero attached hydrogens (tertiary/aromatic N) is 2. The van der Waals surface area contributed by atoms with Crippen molar-refractivity contribution in [3.05, 3.63) is 0 Å². The average Bonchev–Trinajstić information content (AvgIpc) is 3.13. The summed E-state index contributed by atoms with van der Waals surface area (Å²) in [6, 6.07) is 0.538. The van der Waals surface area contributed by atoms with E-state index in [0.717, 1.165) is 32.0 Å². The van der Waals surface area contributed by atoms with Gasteiger partial charge in [0.2, 0.25) is 5.91 Å². The molecule has 0 bridgehead atoms. The van der Waals surface area contributed by atoms with Gasteiger partial charge in [-0.05, 0) is 52.2 Å². The molecule has 4 heteroatoms. The summed E-state index contributed by atoms with van der Waals surface area (Å²) >= 11 is 0. The van der Waals surface area contributed by atoms with Gasteiger partial charge in [0.25, 0.3) is 0 Å². The van der Waals surface area contributed by atoms with E-state index in [0.29, 0.717) is 12.6 Å². The Balaban J connectivity index is 1.69. The first-order chi connectivity index (χ1) is 8.16. The molecule has 2 fully saturated rings. The number of carbonyl (C=O) groups excluding carboxylic acids is 1. The van der Waals surface area contributed by atoms with Gasteiger partial charge in [0.05, 0.1) is 6.54 Å². The number of rotatable bonds is 5. The molecule has 1 unspecified atom stereocenters. The lowest BCUT2D eigenvalue weighted by molar-refractivity contribution is -0.132. The molecule has 1 saturated heterocycles. The van der Waals surface area contributed by atoms with Crippen LogP contribution in [0.2, 0.25) is 0 Å². The smallest absolute Gasteiger partial charge is 0.236 e. The summed E-state index contributed by atoms with van der Waals surface area (Å²) in [6.07, 6.45) is 5.03. The number of carbonyl (C=O) groups is 1. The molecule has 0 radical (unpaired) electrons. The lowest BCUT2D eigenvalue weighted by Crippen LogP contribution is -2.49. The molecule has 0 aromatic rings. The van der Waals surface area contributed by atoms with Crippen LogP contribution >= 0.6 is 0 Å². The maximum atomic E-state index is 12.0. The van der Waals surface area contributed by atoms with E-state index in [-0.39, 0.29) is 5.91 Å². The number of hydrogen-bond acceptors (Lipinski definition) is 3. The second-order valence-corrected chi connectivity index (χ2v) is 5.67. The van der Waals surface area contributed by atoms with E-state index in [9.17, 15) is 4.79 Å². The summed E-state index contributed by atoms with van der Waals surface area (Å²) < 4.78 is 0. The number of likely N-dealkylation sites (N-methyl/N-ethyl adjacent to an activating group) is 1. The van der Waals surface area contributed by atoms with Gasteiger partial charge in [0, 0.05) is 19.1 Å². The molecule has 1 atom stereocenters. The Hall–Kier alpha value is -0.610. The monoisotopic (exact) mass is 239 g/mol. The zero-order chi connectivity index (χ0) is 12.3. The third kappa shape index (κ3) is 3.96. The predicted molar refractivity (Wildman–Crippen MR) is 68.9 cm³/mol. The molecule has 0 aromatic heterocycles. The summed E-state index contributed by atoms with van der Waals surface area (Å²) in [7, 11) is 4.20. The number of likely N-dealkylation sites (tertiary alicyclic amines) is 1. The molecule has 1 aliphatic heterocycles. The van der Waals surface area contributed by atoms with Crippen LogP contribution in [0.4, 0.5) is 0 Å². The first-order valence-electron chi connectivity index (χ1n) is 6.81. The molecule has 2 aliphatic rings. The van der Waals surface area contributed by atoms with Crippen molar-refractivity contribution in [3.63, 3.8) is 0 Å². The van der Waals surface area contributed by atoms with Crippen LogP contribution in [0.5, 0.6) is 0 Å². The van der Waals surface area contributed by atoms with Crippen molar-refractivity contribution in [1.82, 2.24) is 15.1 Å². The Labute approximate surface area is 104 Å². The summed E-state index contributed by atoms with van der Waals surface area (Å²) in [5, 5.41) is 3.28. The van der Waals surface area contributed by atoms with E-state index in [4.69, 9.17) is 0 Å². The molecule has 1 saturated carbocycles. The van der Waals surface area contributed by atoms with Crippen molar-refractivity contribution in [2.45, 2.75) is 31.7 Å². The molecule has 0 spiro atoms. The van der Waals surface area contributed by atoms with Crippen LogP contribution < -0.4 is 5.32 Å². The number of hydrogen-bond donors (Lipinski definition) is 1. The highest BCUT2D eigenvalue weighted by atomic mass is 16.2. The van der Waals surface area contributed by atoms with E-state index in [2.05, 4.69) is 24.3 Å². The Morgan fingerprint density at radius 3 is 2.76 bits per heavy atom. The quantitative estimate of drug-likeness (QED) is 0.760. The van der Waals surface area contributed by atoms with E-state index >= 15 is 0 Å². The third-order valence-electron chi connectivity index (χ3n) is 3.89. The van der Waals surface area contributed by atoms with Crippen LogP contribution in [0.1, 0.15) is 25.7 Å². The van der Waals surface area contributed by atoms with E-state index in [1.807, 2.05) is 4.90 Å². The number of amides is 1. The standard InChI is InChI=1S/C13H25N3O/c1-15(2)12-4-3-7-16(10-12)13(17)9-14-8-11-5-6-11/h11-12,14H,3-10H2,1-2H3. The van der Waals surface area contributed by atoms with E-state index in [1.165, 1.54) is 19.3 Å². The Morgan fingerprint density at radius 2 is 2.12 bits per heavy atom. The van der Waals surface area contributed by atoms with Crippen LogP contribution in [0.3, 0.4) is 0 Å². The second kappa shape index (κ2) is 5.83. The van der Waals surface area contributed by atoms with Gasteiger partial charge < -0.3 is 15.1 Å². The Morgan fingerprint density at radius 1 is 1.35 bits per heavy atom. The van der Waals surface area contributed by atoms with Crippen LogP contribution in [-0.2, 0) is 4.79 Å². The van der Waals surface area contributed by atoms with Crippen molar-refractivity contribution in [2.75, 3.05) is 40.3 Å². The van der Waals surface area contributed by atoms with Crippen LogP contribution in [0.25, 0.3) is 0 Å². The molecular formula is C13H25N3O. The minimum Gasteiger partial charge on any atom is -0.340 e. The largest absolute Gasteiger partial charge is 0.340 e. The highest BCUT2D eigenvalue weighted by Crippen LogP contribution is 2.27. The lowest BCUT2D eigenvalue weighted by atomic mass is 10.0. The van der Waals surface area contributed by atoms with Crippen LogP contribution in [-0.4, -0.2) is 62.0 Å². The molecule has 1 N–H and O–H groups in total. The van der Waals surface area contributed by atoms with Gasteiger partial charge in [-0.25, -0.2) is 0 Å². The first-order valence-corrected chi connectivity index (χ1v) is 6.81. The maximum Gasteiger partial charge on any atom is 0.236 e. The Bertz CT molecular complexity index is 263. The van der Waals surface area contributed by atoms with Crippen molar-refractivity contribution < 1.29 is 4.79 Å². The Kier molecular flexibility index (Phi) is 4.40. The number of nitrogens with one attached hydrogen (secondary N) is 1. The van der Waals surface area contributed by atoms with Crippen molar-refractivity contribution in [2.24, 2.45) is 5.92 Å². The van der Waals surface area contributed by atoms with Crippen LogP contribution in [0.15, 0.2) is 0 Å². The van der Waals surface area contributed by atoms with Gasteiger partial charge in [0.15, 0.2) is 0 Å². The highest BCUT2D eigenvalue weighted by Gasteiger charge is 2.25. The zero-order valence-corrected chi connectivity index (χ0v) is 11.1. The minimum absolute atomic E-state index is 0.275. The van der Waals surface area contributed by atoms with Crippen molar-refractivity contribution in [1.29, 1.82) is 0 Å². The fraction of sp³-hybridized carbons (Fsp3) is 0.923. The SMILES string of the molecule is CN(C)C1CCCN(C(=O)CNCC2CC2)C1. The molecule has 4 nitrogen and oxygen atoms in total. The van der Waals surface area contributed by atoms with Gasteiger partial charge in [-0.15, -0.1) is 0 Å². The zero-order valence-electron chi connectivity index (χ0n) is 11.1. The normalized spacial score (nSPS) is 25.4. The topological polar surface area (TPSA) is 35.6 Å². The number of piperidine rings is 1. The van der Waals surface area contributed by atoms with Gasteiger partial charge in [-0.2, -0.15) is 0 Å². The van der Waals surface area contributed by atoms with Gasteiger partial charge >= 0.3 is 0 Å². The molecule has 1 aliphatic carbocycles. The fourth-order valence-corrected chi connectivity index (χ4v) is 2.42. The van der Waals surface area contributed by atoms with E-state index in [1.54, 1.807) is 0 Å². The summed E-state index contributed by atoms with van der Waals surface area (Å²) in [5.41, 5.74) is 0. The highest BCUT2D eigenvalue weighted by molar-refractivity contribution is 5.78. The average molecular weight is 239 g/mol. The van der Waals surface area contributed by atoms with Crippen molar-refractivity contribution in [3.8, 4) is 0 Å². The molecule has 2 rings (SSSR count). The second-order valence-electron chi connectivity index (χ2n) is 5.67. The molecule has 1 heterocycles. The van der Waals surface area contributed by atoms with Crippen molar-refractivity contribution >= 4 is 5.91 Å². The van der Waals surface area contributed by atoms with Gasteiger partial charge in [-0.1, -0.05) is 0 Å². The third-order valence-corrected chi connectivity index (χ3v) is 3.89. The molecule has 0 aromatic carbocycles. The van der Waals surface area contributed by atoms with Gasteiger partial charge in [0.1, 0.15) is 0 Å². The maximum absolute atomic E-state index is 12.0. The fourth-order valence-electron chi connectivity index (χ4n) is 2.42. The molecule has 98 valence electrons. The molecule has 1 amide bonds.